The van der Waals surface area contributed by atoms with E-state index in [1.165, 1.54) is 11.3 Å². The third-order valence-electron chi connectivity index (χ3n) is 4.83. The Bertz CT molecular complexity index is 1180. The molecule has 0 amide bonds. The molecule has 150 valence electrons. The van der Waals surface area contributed by atoms with Crippen LogP contribution in [0.15, 0.2) is 75.8 Å². The van der Waals surface area contributed by atoms with Gasteiger partial charge >= 0.3 is 5.97 Å². The van der Waals surface area contributed by atoms with Gasteiger partial charge in [-0.05, 0) is 23.6 Å². The third-order valence-corrected chi connectivity index (χ3v) is 6.79. The van der Waals surface area contributed by atoms with Crippen LogP contribution in [-0.2, 0) is 11.2 Å². The molecule has 1 atom stereocenters. The van der Waals surface area contributed by atoms with E-state index in [1.54, 1.807) is 17.6 Å². The highest BCUT2D eigenvalue weighted by molar-refractivity contribution is 7.16. The van der Waals surface area contributed by atoms with Crippen LogP contribution in [0.25, 0.3) is 11.3 Å². The number of carbonyl (C=O) groups is 1. The number of thiophene rings is 1. The molecule has 0 bridgehead atoms. The molecule has 4 heterocycles. The van der Waals surface area contributed by atoms with Crippen LogP contribution in [-0.4, -0.2) is 21.8 Å². The summed E-state index contributed by atoms with van der Waals surface area (Å²) >= 11 is 3.02. The van der Waals surface area contributed by atoms with Gasteiger partial charge < -0.3 is 9.52 Å². The van der Waals surface area contributed by atoms with Crippen molar-refractivity contribution in [3.63, 3.8) is 0 Å². The van der Waals surface area contributed by atoms with E-state index in [4.69, 9.17) is 14.5 Å². The lowest BCUT2D eigenvalue weighted by Crippen LogP contribution is -2.17. The molecule has 6 nitrogen and oxygen atoms in total. The maximum Gasteiger partial charge on any atom is 0.308 e. The monoisotopic (exact) mass is 435 g/mol. The van der Waals surface area contributed by atoms with Gasteiger partial charge in [0.2, 0.25) is 5.13 Å². The molecule has 30 heavy (non-hydrogen) atoms. The summed E-state index contributed by atoms with van der Waals surface area (Å²) in [7, 11) is 0. The Hall–Kier alpha value is -3.23. The molecule has 0 spiro atoms. The summed E-state index contributed by atoms with van der Waals surface area (Å²) in [5.74, 6) is -0.0734. The van der Waals surface area contributed by atoms with Crippen molar-refractivity contribution in [1.29, 1.82) is 0 Å². The first-order valence-electron chi connectivity index (χ1n) is 9.40. The second-order valence-electron chi connectivity index (χ2n) is 6.81. The van der Waals surface area contributed by atoms with Crippen molar-refractivity contribution in [1.82, 2.24) is 4.98 Å². The summed E-state index contributed by atoms with van der Waals surface area (Å²) in [5, 5.41) is 18.8. The average molecular weight is 436 g/mol. The summed E-state index contributed by atoms with van der Waals surface area (Å²) in [6.07, 6.45) is 2.27. The quantitative estimate of drug-likeness (QED) is 0.436. The minimum Gasteiger partial charge on any atom is -0.481 e. The Morgan fingerprint density at radius 3 is 2.73 bits per heavy atom. The number of aliphatic carboxylic acids is 1. The number of carboxylic acid groups (broad SMARTS) is 1. The van der Waals surface area contributed by atoms with Crippen LogP contribution in [0, 0.1) is 0 Å². The van der Waals surface area contributed by atoms with E-state index in [9.17, 15) is 9.90 Å². The Balaban J connectivity index is 1.59. The highest BCUT2D eigenvalue weighted by atomic mass is 32.1. The summed E-state index contributed by atoms with van der Waals surface area (Å²) < 4.78 is 5.69. The van der Waals surface area contributed by atoms with Crippen molar-refractivity contribution in [3.05, 3.63) is 81.8 Å². The molecule has 0 fully saturated rings. The standard InChI is InChI=1S/C22H17N3O3S2/c26-20(27)13-19-21(14-6-2-1-3-7-14)23-22(30-19)25-16(17-8-4-10-28-17)12-15(24-25)18-9-5-11-29-18/h1-11,16H,12-13H2,(H,26,27)/t16-/m0/s1. The van der Waals surface area contributed by atoms with Crippen molar-refractivity contribution in [2.75, 3.05) is 5.01 Å². The average Bonchev–Trinajstić information content (AvgIpc) is 3.53. The molecule has 1 aliphatic rings. The molecule has 0 aliphatic carbocycles. The normalized spacial score (nSPS) is 16.1. The van der Waals surface area contributed by atoms with Crippen LogP contribution in [0.3, 0.4) is 0 Å². The summed E-state index contributed by atoms with van der Waals surface area (Å²) in [6, 6.07) is 17.4. The Kier molecular flexibility index (Phi) is 4.94. The third kappa shape index (κ3) is 3.55. The van der Waals surface area contributed by atoms with Gasteiger partial charge in [0.15, 0.2) is 0 Å². The van der Waals surface area contributed by atoms with E-state index in [2.05, 4.69) is 6.07 Å². The largest absolute Gasteiger partial charge is 0.481 e. The smallest absolute Gasteiger partial charge is 0.308 e. The Morgan fingerprint density at radius 2 is 2.03 bits per heavy atom. The van der Waals surface area contributed by atoms with Gasteiger partial charge in [-0.1, -0.05) is 47.7 Å². The number of nitrogens with zero attached hydrogens (tertiary/aromatic N) is 3. The van der Waals surface area contributed by atoms with Gasteiger partial charge in [0, 0.05) is 16.9 Å². The van der Waals surface area contributed by atoms with E-state index in [0.29, 0.717) is 22.1 Å². The van der Waals surface area contributed by atoms with Crippen molar-refractivity contribution in [3.8, 4) is 11.3 Å². The summed E-state index contributed by atoms with van der Waals surface area (Å²) in [4.78, 5) is 18.1. The molecule has 5 rings (SSSR count). The van der Waals surface area contributed by atoms with E-state index >= 15 is 0 Å². The Labute approximate surface area is 180 Å². The first-order chi connectivity index (χ1) is 14.7. The predicted octanol–water partition coefficient (Wildman–Crippen LogP) is 5.45. The number of carboxylic acids is 1. The number of aromatic nitrogens is 1. The van der Waals surface area contributed by atoms with Gasteiger partial charge in [0.1, 0.15) is 11.8 Å². The van der Waals surface area contributed by atoms with Gasteiger partial charge in [0.05, 0.1) is 29.0 Å². The van der Waals surface area contributed by atoms with Crippen molar-refractivity contribution >= 4 is 39.5 Å². The zero-order valence-electron chi connectivity index (χ0n) is 15.8. The molecule has 0 saturated heterocycles. The van der Waals surface area contributed by atoms with Gasteiger partial charge in [0.25, 0.3) is 0 Å². The Morgan fingerprint density at radius 1 is 1.17 bits per heavy atom. The van der Waals surface area contributed by atoms with Gasteiger partial charge in [-0.15, -0.1) is 11.3 Å². The molecule has 1 aromatic carbocycles. The molecule has 8 heteroatoms. The van der Waals surface area contributed by atoms with Crippen LogP contribution < -0.4 is 5.01 Å². The lowest BCUT2D eigenvalue weighted by molar-refractivity contribution is -0.136. The van der Waals surface area contributed by atoms with Crippen LogP contribution >= 0.6 is 22.7 Å². The second-order valence-corrected chi connectivity index (χ2v) is 8.82. The molecule has 4 aromatic rings. The second kappa shape index (κ2) is 7.89. The first kappa shape index (κ1) is 18.8. The molecule has 0 saturated carbocycles. The summed E-state index contributed by atoms with van der Waals surface area (Å²) in [6.45, 7) is 0. The van der Waals surface area contributed by atoms with E-state index in [0.717, 1.165) is 21.9 Å². The van der Waals surface area contributed by atoms with Crippen molar-refractivity contribution in [2.24, 2.45) is 5.10 Å². The maximum atomic E-state index is 11.5. The topological polar surface area (TPSA) is 78.9 Å². The summed E-state index contributed by atoms with van der Waals surface area (Å²) in [5.41, 5.74) is 2.56. The number of anilines is 1. The fraction of sp³-hybridized carbons (Fsp3) is 0.136. The molecule has 1 aliphatic heterocycles. The molecule has 3 aromatic heterocycles. The van der Waals surface area contributed by atoms with Crippen LogP contribution in [0.1, 0.15) is 28.0 Å². The SMILES string of the molecule is O=C(O)Cc1sc(N2N=C(c3cccs3)C[C@H]2c2ccco2)nc1-c1ccccc1. The molecule has 1 N–H and O–H groups in total. The lowest BCUT2D eigenvalue weighted by Gasteiger charge is -2.18. The number of hydrogen-bond donors (Lipinski definition) is 1. The predicted molar refractivity (Wildman–Crippen MR) is 118 cm³/mol. The highest BCUT2D eigenvalue weighted by Gasteiger charge is 2.34. The number of benzene rings is 1. The van der Waals surface area contributed by atoms with Crippen LogP contribution in [0.5, 0.6) is 0 Å². The number of hydrazone groups is 1. The molecule has 0 unspecified atom stereocenters. The fourth-order valence-corrected chi connectivity index (χ4v) is 5.29. The van der Waals surface area contributed by atoms with Crippen LogP contribution in [0.2, 0.25) is 0 Å². The van der Waals surface area contributed by atoms with E-state index in [1.807, 2.05) is 58.9 Å². The maximum absolute atomic E-state index is 11.5. The minimum absolute atomic E-state index is 0.0807. The van der Waals surface area contributed by atoms with Gasteiger partial charge in [-0.25, -0.2) is 9.99 Å². The van der Waals surface area contributed by atoms with Crippen molar-refractivity contribution in [2.45, 2.75) is 18.9 Å². The number of furan rings is 1. The molecular formula is C22H17N3O3S2. The fourth-order valence-electron chi connectivity index (χ4n) is 3.50. The zero-order chi connectivity index (χ0) is 20.5. The lowest BCUT2D eigenvalue weighted by atomic mass is 10.1. The van der Waals surface area contributed by atoms with Crippen LogP contribution in [0.4, 0.5) is 5.13 Å². The number of hydrogen-bond acceptors (Lipinski definition) is 7. The number of thiazole rings is 1. The van der Waals surface area contributed by atoms with Gasteiger partial charge in [-0.2, -0.15) is 5.10 Å². The number of rotatable bonds is 6. The first-order valence-corrected chi connectivity index (χ1v) is 11.1. The van der Waals surface area contributed by atoms with Crippen molar-refractivity contribution < 1.29 is 14.3 Å². The zero-order valence-corrected chi connectivity index (χ0v) is 17.4. The van der Waals surface area contributed by atoms with E-state index < -0.39 is 5.97 Å². The van der Waals surface area contributed by atoms with Gasteiger partial charge in [-0.3, -0.25) is 4.79 Å². The highest BCUT2D eigenvalue weighted by Crippen LogP contribution is 2.42. The molecule has 0 radical (unpaired) electrons. The van der Waals surface area contributed by atoms with E-state index in [-0.39, 0.29) is 12.5 Å². The minimum atomic E-state index is -0.880. The molecular weight excluding hydrogens is 418 g/mol.